The van der Waals surface area contributed by atoms with Gasteiger partial charge in [0.1, 0.15) is 0 Å². The number of carbonyl (C=O) groups excluding carboxylic acids is 1. The lowest BCUT2D eigenvalue weighted by atomic mass is 9.94. The molecule has 6 nitrogen and oxygen atoms in total. The van der Waals surface area contributed by atoms with Gasteiger partial charge >= 0.3 is 0 Å². The van der Waals surface area contributed by atoms with Gasteiger partial charge in [0.05, 0.1) is 0 Å². The SMILES string of the molecule is CCc1[nH]nc(C(=O)N2C[C@H]3CC[C@@H]2CN(Cc2cccnc2)C3)c1C. The lowest BCUT2D eigenvalue weighted by Gasteiger charge is -2.36. The Morgan fingerprint density at radius 2 is 2.19 bits per heavy atom. The molecule has 1 amide bonds. The van der Waals surface area contributed by atoms with Gasteiger partial charge in [0, 0.05) is 55.9 Å². The summed E-state index contributed by atoms with van der Waals surface area (Å²) in [5, 5.41) is 7.35. The van der Waals surface area contributed by atoms with Crippen LogP contribution in [0.15, 0.2) is 24.5 Å². The molecule has 0 radical (unpaired) electrons. The van der Waals surface area contributed by atoms with E-state index in [9.17, 15) is 4.79 Å². The highest BCUT2D eigenvalue weighted by Crippen LogP contribution is 2.30. The van der Waals surface area contributed by atoms with Crippen molar-refractivity contribution < 1.29 is 4.79 Å². The van der Waals surface area contributed by atoms with Crippen LogP contribution in [0.25, 0.3) is 0 Å². The van der Waals surface area contributed by atoms with E-state index < -0.39 is 0 Å². The van der Waals surface area contributed by atoms with E-state index in [-0.39, 0.29) is 11.9 Å². The Morgan fingerprint density at radius 1 is 1.31 bits per heavy atom. The number of carbonyl (C=O) groups is 1. The third-order valence-electron chi connectivity index (χ3n) is 5.85. The lowest BCUT2D eigenvalue weighted by Crippen LogP contribution is -2.47. The minimum absolute atomic E-state index is 0.0939. The fourth-order valence-corrected chi connectivity index (χ4v) is 4.43. The molecular formula is C20H27N5O. The average molecular weight is 353 g/mol. The maximum atomic E-state index is 13.2. The molecule has 138 valence electrons. The maximum absolute atomic E-state index is 13.2. The van der Waals surface area contributed by atoms with Gasteiger partial charge in [0.25, 0.3) is 5.91 Å². The van der Waals surface area contributed by atoms with Gasteiger partial charge in [-0.25, -0.2) is 0 Å². The Kier molecular flexibility index (Phi) is 4.76. The second-order valence-electron chi connectivity index (χ2n) is 7.64. The van der Waals surface area contributed by atoms with Crippen molar-refractivity contribution in [3.05, 3.63) is 47.0 Å². The second-order valence-corrected chi connectivity index (χ2v) is 7.64. The molecule has 0 unspecified atom stereocenters. The minimum atomic E-state index is 0.0939. The quantitative estimate of drug-likeness (QED) is 0.917. The van der Waals surface area contributed by atoms with Crippen molar-refractivity contribution in [2.24, 2.45) is 5.92 Å². The van der Waals surface area contributed by atoms with Crippen molar-refractivity contribution in [1.82, 2.24) is 25.0 Å². The van der Waals surface area contributed by atoms with E-state index >= 15 is 0 Å². The van der Waals surface area contributed by atoms with Gasteiger partial charge in [-0.15, -0.1) is 0 Å². The van der Waals surface area contributed by atoms with Crippen molar-refractivity contribution in [2.75, 3.05) is 19.6 Å². The topological polar surface area (TPSA) is 65.1 Å². The van der Waals surface area contributed by atoms with Crippen molar-refractivity contribution in [1.29, 1.82) is 0 Å². The average Bonchev–Trinajstić information content (AvgIpc) is 2.82. The van der Waals surface area contributed by atoms with E-state index in [0.717, 1.165) is 50.3 Å². The number of hydrogen-bond donors (Lipinski definition) is 1. The molecule has 0 aromatic carbocycles. The number of aromatic amines is 1. The van der Waals surface area contributed by atoms with E-state index in [1.807, 2.05) is 25.4 Å². The molecule has 0 aliphatic carbocycles. The summed E-state index contributed by atoms with van der Waals surface area (Å²) < 4.78 is 0. The van der Waals surface area contributed by atoms with Crippen LogP contribution in [0, 0.1) is 12.8 Å². The van der Waals surface area contributed by atoms with E-state index in [0.29, 0.717) is 11.6 Å². The first-order valence-corrected chi connectivity index (χ1v) is 9.61. The van der Waals surface area contributed by atoms with Crippen molar-refractivity contribution in [3.8, 4) is 0 Å². The van der Waals surface area contributed by atoms with Crippen LogP contribution in [0.4, 0.5) is 0 Å². The first-order valence-electron chi connectivity index (χ1n) is 9.61. The molecule has 2 bridgehead atoms. The smallest absolute Gasteiger partial charge is 0.274 e. The third kappa shape index (κ3) is 3.26. The number of aromatic nitrogens is 3. The molecule has 3 aliphatic rings. The summed E-state index contributed by atoms with van der Waals surface area (Å²) in [6.07, 6.45) is 6.92. The highest BCUT2D eigenvalue weighted by molar-refractivity contribution is 5.94. The fraction of sp³-hybridized carbons (Fsp3) is 0.550. The zero-order valence-corrected chi connectivity index (χ0v) is 15.6. The van der Waals surface area contributed by atoms with Crippen molar-refractivity contribution in [3.63, 3.8) is 0 Å². The molecule has 0 spiro atoms. The van der Waals surface area contributed by atoms with Crippen molar-refractivity contribution in [2.45, 2.75) is 45.7 Å². The molecule has 2 atom stereocenters. The van der Waals surface area contributed by atoms with E-state index in [1.54, 1.807) is 0 Å². The predicted octanol–water partition coefficient (Wildman–Crippen LogP) is 2.41. The monoisotopic (exact) mass is 353 g/mol. The maximum Gasteiger partial charge on any atom is 0.274 e. The number of amides is 1. The summed E-state index contributed by atoms with van der Waals surface area (Å²) in [6, 6.07) is 4.39. The van der Waals surface area contributed by atoms with Gasteiger partial charge in [-0.1, -0.05) is 13.0 Å². The minimum Gasteiger partial charge on any atom is -0.333 e. The van der Waals surface area contributed by atoms with Crippen LogP contribution in [-0.4, -0.2) is 56.6 Å². The Labute approximate surface area is 154 Å². The van der Waals surface area contributed by atoms with E-state index in [4.69, 9.17) is 0 Å². The zero-order chi connectivity index (χ0) is 18.1. The summed E-state index contributed by atoms with van der Waals surface area (Å²) in [5.41, 5.74) is 3.91. The molecule has 2 aromatic rings. The van der Waals surface area contributed by atoms with Gasteiger partial charge in [0.2, 0.25) is 0 Å². The van der Waals surface area contributed by atoms with Gasteiger partial charge in [-0.05, 0) is 43.7 Å². The Hall–Kier alpha value is -2.21. The number of aryl methyl sites for hydroxylation is 1. The van der Waals surface area contributed by atoms with Crippen LogP contribution >= 0.6 is 0 Å². The number of H-pyrrole nitrogens is 1. The standard InChI is InChI=1S/C20H27N5O/c1-3-18-14(2)19(23-22-18)20(26)25-12-16-6-7-17(25)13-24(11-16)10-15-5-4-8-21-9-15/h4-5,8-9,16-17H,3,6-7,10-13H2,1-2H3,(H,22,23)/t16-,17+/m0/s1. The van der Waals surface area contributed by atoms with Crippen LogP contribution in [-0.2, 0) is 13.0 Å². The van der Waals surface area contributed by atoms with Crippen LogP contribution in [0.5, 0.6) is 0 Å². The highest BCUT2D eigenvalue weighted by Gasteiger charge is 2.38. The summed E-state index contributed by atoms with van der Waals surface area (Å²) in [4.78, 5) is 22.0. The zero-order valence-electron chi connectivity index (χ0n) is 15.6. The normalized spacial score (nSPS) is 23.2. The Morgan fingerprint density at radius 3 is 2.92 bits per heavy atom. The molecular weight excluding hydrogens is 326 g/mol. The van der Waals surface area contributed by atoms with Gasteiger partial charge in [-0.3, -0.25) is 19.8 Å². The largest absolute Gasteiger partial charge is 0.333 e. The molecule has 2 aromatic heterocycles. The Bertz CT molecular complexity index is 772. The molecule has 0 saturated carbocycles. The summed E-state index contributed by atoms with van der Waals surface area (Å²) in [5.74, 6) is 0.635. The molecule has 3 fully saturated rings. The number of rotatable bonds is 4. The Balaban J connectivity index is 1.51. The van der Waals surface area contributed by atoms with Gasteiger partial charge < -0.3 is 4.90 Å². The number of nitrogens with zero attached hydrogens (tertiary/aromatic N) is 4. The fourth-order valence-electron chi connectivity index (χ4n) is 4.43. The van der Waals surface area contributed by atoms with E-state index in [1.165, 1.54) is 12.0 Å². The van der Waals surface area contributed by atoms with Crippen LogP contribution in [0.2, 0.25) is 0 Å². The van der Waals surface area contributed by atoms with Crippen molar-refractivity contribution >= 4 is 5.91 Å². The van der Waals surface area contributed by atoms with Gasteiger partial charge in [0.15, 0.2) is 5.69 Å². The molecule has 5 heterocycles. The first-order chi connectivity index (χ1) is 12.7. The highest BCUT2D eigenvalue weighted by atomic mass is 16.2. The molecule has 3 saturated heterocycles. The number of piperidine rings is 1. The molecule has 26 heavy (non-hydrogen) atoms. The van der Waals surface area contributed by atoms with Crippen LogP contribution in [0.1, 0.15) is 47.1 Å². The summed E-state index contributed by atoms with van der Waals surface area (Å²) in [6.45, 7) is 7.82. The lowest BCUT2D eigenvalue weighted by molar-refractivity contribution is 0.0578. The molecule has 3 aliphatic heterocycles. The first kappa shape index (κ1) is 17.2. The van der Waals surface area contributed by atoms with Crippen LogP contribution < -0.4 is 0 Å². The van der Waals surface area contributed by atoms with E-state index in [2.05, 4.69) is 38.0 Å². The molecule has 5 rings (SSSR count). The number of pyridine rings is 1. The van der Waals surface area contributed by atoms with Crippen LogP contribution in [0.3, 0.4) is 0 Å². The summed E-state index contributed by atoms with van der Waals surface area (Å²) >= 11 is 0. The third-order valence-corrected chi connectivity index (χ3v) is 5.85. The number of hydrogen-bond acceptors (Lipinski definition) is 4. The predicted molar refractivity (Wildman–Crippen MR) is 99.8 cm³/mol. The summed E-state index contributed by atoms with van der Waals surface area (Å²) in [7, 11) is 0. The number of fused-ring (bicyclic) bond motifs is 4. The molecule has 6 heteroatoms. The van der Waals surface area contributed by atoms with Gasteiger partial charge in [-0.2, -0.15) is 5.10 Å². The number of nitrogens with one attached hydrogen (secondary N) is 1. The molecule has 1 N–H and O–H groups in total. The second kappa shape index (κ2) is 7.19.